The van der Waals surface area contributed by atoms with Gasteiger partial charge in [-0.25, -0.2) is 9.67 Å². The molecule has 5 rings (SSSR count). The molecular weight excluding hydrogens is 436 g/mol. The van der Waals surface area contributed by atoms with E-state index in [4.69, 9.17) is 9.72 Å². The maximum Gasteiger partial charge on any atom is 0.306 e. The van der Waals surface area contributed by atoms with Crippen LogP contribution < -0.4 is 10.1 Å². The first-order valence-corrected chi connectivity index (χ1v) is 11.9. The zero-order valence-corrected chi connectivity index (χ0v) is 19.5. The zero-order valence-electron chi connectivity index (χ0n) is 19.5. The number of aromatic nitrogens is 7. The summed E-state index contributed by atoms with van der Waals surface area (Å²) >= 11 is 0. The van der Waals surface area contributed by atoms with E-state index < -0.39 is 5.97 Å². The summed E-state index contributed by atoms with van der Waals surface area (Å²) in [7, 11) is 1.85. The Balaban J connectivity index is 1.26. The number of ether oxygens (including phenoxy) is 1. The van der Waals surface area contributed by atoms with E-state index in [1.165, 1.54) is 12.8 Å². The molecule has 0 bridgehead atoms. The molecule has 180 valence electrons. The van der Waals surface area contributed by atoms with Crippen LogP contribution in [0.15, 0.2) is 18.3 Å². The zero-order chi connectivity index (χ0) is 23.7. The maximum absolute atomic E-state index is 11.3. The van der Waals surface area contributed by atoms with E-state index in [2.05, 4.69) is 25.8 Å². The highest BCUT2D eigenvalue weighted by Crippen LogP contribution is 2.31. The van der Waals surface area contributed by atoms with Crippen LogP contribution in [-0.2, 0) is 24.9 Å². The molecule has 3 aromatic heterocycles. The van der Waals surface area contributed by atoms with E-state index in [1.807, 2.05) is 26.1 Å². The standard InChI is InChI=1S/C23H30N8O3/c1-14-20(34-17-5-3-4-16(10-17)23(32)33)9-8-18(26-14)22-19(30(2)29-27-22)11-24-21-12-25-31(28-21)13-15-6-7-15/h8-9,12,15-17H,3-7,10-11,13H2,1-2H3,(H,24,28)(H,32,33)/t16-,17-/m0/s1. The first-order chi connectivity index (χ1) is 16.5. The Morgan fingerprint density at radius 2 is 2.12 bits per heavy atom. The summed E-state index contributed by atoms with van der Waals surface area (Å²) in [5.74, 6) is 1.03. The fraction of sp³-hybridized carbons (Fsp3) is 0.565. The topological polar surface area (TPSA) is 133 Å². The molecule has 34 heavy (non-hydrogen) atoms. The monoisotopic (exact) mass is 466 g/mol. The molecule has 0 unspecified atom stereocenters. The molecule has 0 aromatic carbocycles. The van der Waals surface area contributed by atoms with Crippen LogP contribution in [0.5, 0.6) is 5.75 Å². The predicted octanol–water partition coefficient (Wildman–Crippen LogP) is 2.82. The number of nitrogens with one attached hydrogen (secondary N) is 1. The maximum atomic E-state index is 11.3. The van der Waals surface area contributed by atoms with Gasteiger partial charge in [0.2, 0.25) is 0 Å². The molecule has 11 nitrogen and oxygen atoms in total. The molecule has 0 radical (unpaired) electrons. The molecule has 0 amide bonds. The molecule has 3 heterocycles. The Morgan fingerprint density at radius 1 is 1.26 bits per heavy atom. The summed E-state index contributed by atoms with van der Waals surface area (Å²) in [6, 6.07) is 3.76. The van der Waals surface area contributed by atoms with Crippen molar-refractivity contribution in [3.8, 4) is 17.1 Å². The molecule has 11 heteroatoms. The lowest BCUT2D eigenvalue weighted by Crippen LogP contribution is -2.29. The number of pyridine rings is 1. The van der Waals surface area contributed by atoms with Gasteiger partial charge in [0.05, 0.1) is 48.4 Å². The van der Waals surface area contributed by atoms with Crippen molar-refractivity contribution in [2.75, 3.05) is 5.32 Å². The molecule has 0 aliphatic heterocycles. The fourth-order valence-corrected chi connectivity index (χ4v) is 4.41. The highest BCUT2D eigenvalue weighted by Gasteiger charge is 2.28. The van der Waals surface area contributed by atoms with Gasteiger partial charge < -0.3 is 15.2 Å². The quantitative estimate of drug-likeness (QED) is 0.488. The third kappa shape index (κ3) is 5.02. The summed E-state index contributed by atoms with van der Waals surface area (Å²) in [4.78, 5) is 17.8. The highest BCUT2D eigenvalue weighted by molar-refractivity contribution is 5.70. The van der Waals surface area contributed by atoms with Crippen molar-refractivity contribution in [2.45, 2.75) is 64.6 Å². The number of aliphatic carboxylic acids is 1. The fourth-order valence-electron chi connectivity index (χ4n) is 4.41. The minimum atomic E-state index is -0.743. The molecule has 2 atom stereocenters. The minimum Gasteiger partial charge on any atom is -0.489 e. The number of carboxylic acid groups (broad SMARTS) is 1. The molecule has 0 saturated heterocycles. The second-order valence-corrected chi connectivity index (χ2v) is 9.31. The summed E-state index contributed by atoms with van der Waals surface area (Å²) in [6.45, 7) is 3.25. The van der Waals surface area contributed by atoms with Gasteiger partial charge in [0.15, 0.2) is 5.82 Å². The second kappa shape index (κ2) is 9.40. The average molecular weight is 467 g/mol. The number of carboxylic acids is 1. The van der Waals surface area contributed by atoms with Gasteiger partial charge in [0.1, 0.15) is 11.4 Å². The molecular formula is C23H30N8O3. The first-order valence-electron chi connectivity index (χ1n) is 11.9. The van der Waals surface area contributed by atoms with Crippen LogP contribution in [0.2, 0.25) is 0 Å². The van der Waals surface area contributed by atoms with Crippen LogP contribution >= 0.6 is 0 Å². The SMILES string of the molecule is Cc1nc(-c2nnn(C)c2CNc2cnn(CC3CC3)n2)ccc1O[C@H]1CCC[C@H](C(=O)O)C1. The lowest BCUT2D eigenvalue weighted by molar-refractivity contribution is -0.143. The number of carbonyl (C=O) groups is 1. The second-order valence-electron chi connectivity index (χ2n) is 9.31. The normalized spacial score (nSPS) is 20.3. The van der Waals surface area contributed by atoms with Crippen LogP contribution in [0.3, 0.4) is 0 Å². The Labute approximate surface area is 197 Å². The number of anilines is 1. The molecule has 2 aliphatic carbocycles. The minimum absolute atomic E-state index is 0.106. The number of hydrogen-bond acceptors (Lipinski definition) is 8. The summed E-state index contributed by atoms with van der Waals surface area (Å²) in [6.07, 6.45) is 7.11. The van der Waals surface area contributed by atoms with E-state index in [-0.39, 0.29) is 12.0 Å². The average Bonchev–Trinajstić information content (AvgIpc) is 3.40. The Hall–Kier alpha value is -3.50. The predicted molar refractivity (Wildman–Crippen MR) is 123 cm³/mol. The smallest absolute Gasteiger partial charge is 0.306 e. The van der Waals surface area contributed by atoms with Gasteiger partial charge in [0, 0.05) is 7.05 Å². The number of aryl methyl sites for hydroxylation is 2. The van der Waals surface area contributed by atoms with Crippen molar-refractivity contribution >= 4 is 11.8 Å². The summed E-state index contributed by atoms with van der Waals surface area (Å²) in [5.41, 5.74) is 3.02. The Bertz CT molecular complexity index is 1170. The molecule has 2 saturated carbocycles. The largest absolute Gasteiger partial charge is 0.489 e. The highest BCUT2D eigenvalue weighted by atomic mass is 16.5. The van der Waals surface area contributed by atoms with Gasteiger partial charge in [-0.15, -0.1) is 10.2 Å². The van der Waals surface area contributed by atoms with Crippen LogP contribution in [0.25, 0.3) is 11.4 Å². The number of hydrogen-bond donors (Lipinski definition) is 2. The summed E-state index contributed by atoms with van der Waals surface area (Å²) in [5, 5.41) is 30.0. The van der Waals surface area contributed by atoms with Crippen molar-refractivity contribution in [3.63, 3.8) is 0 Å². The van der Waals surface area contributed by atoms with Crippen molar-refractivity contribution in [2.24, 2.45) is 18.9 Å². The molecule has 2 aliphatic rings. The van der Waals surface area contributed by atoms with Gasteiger partial charge in [-0.2, -0.15) is 9.90 Å². The van der Waals surface area contributed by atoms with Crippen LogP contribution in [-0.4, -0.2) is 52.2 Å². The van der Waals surface area contributed by atoms with Crippen LogP contribution in [0.4, 0.5) is 5.82 Å². The van der Waals surface area contributed by atoms with Crippen LogP contribution in [0.1, 0.15) is 49.9 Å². The van der Waals surface area contributed by atoms with Gasteiger partial charge in [-0.05, 0) is 63.5 Å². The van der Waals surface area contributed by atoms with E-state index in [0.717, 1.165) is 30.8 Å². The van der Waals surface area contributed by atoms with Crippen molar-refractivity contribution in [3.05, 3.63) is 29.7 Å². The molecule has 2 N–H and O–H groups in total. The molecule has 3 aromatic rings. The Kier molecular flexibility index (Phi) is 6.16. The summed E-state index contributed by atoms with van der Waals surface area (Å²) < 4.78 is 7.86. The lowest BCUT2D eigenvalue weighted by atomic mass is 9.87. The van der Waals surface area contributed by atoms with Gasteiger partial charge in [0.25, 0.3) is 0 Å². The van der Waals surface area contributed by atoms with Crippen molar-refractivity contribution < 1.29 is 14.6 Å². The van der Waals surface area contributed by atoms with Gasteiger partial charge in [-0.3, -0.25) is 4.79 Å². The Morgan fingerprint density at radius 3 is 2.88 bits per heavy atom. The van der Waals surface area contributed by atoms with Crippen LogP contribution in [0, 0.1) is 18.8 Å². The van der Waals surface area contributed by atoms with E-state index >= 15 is 0 Å². The van der Waals surface area contributed by atoms with E-state index in [0.29, 0.717) is 48.3 Å². The van der Waals surface area contributed by atoms with Crippen molar-refractivity contribution in [1.29, 1.82) is 0 Å². The van der Waals surface area contributed by atoms with E-state index in [9.17, 15) is 9.90 Å². The molecule has 2 fully saturated rings. The third-order valence-electron chi connectivity index (χ3n) is 6.58. The van der Waals surface area contributed by atoms with E-state index in [1.54, 1.807) is 15.7 Å². The van der Waals surface area contributed by atoms with Gasteiger partial charge in [-0.1, -0.05) is 5.21 Å². The first kappa shape index (κ1) is 22.3. The third-order valence-corrected chi connectivity index (χ3v) is 6.58. The van der Waals surface area contributed by atoms with Crippen molar-refractivity contribution in [1.82, 2.24) is 35.0 Å². The molecule has 0 spiro atoms. The number of rotatable bonds is 9. The van der Waals surface area contributed by atoms with Gasteiger partial charge >= 0.3 is 5.97 Å². The lowest BCUT2D eigenvalue weighted by Gasteiger charge is -2.27. The number of nitrogens with zero attached hydrogens (tertiary/aromatic N) is 7.